The number of hydrogen-bond donors (Lipinski definition) is 1. The third kappa shape index (κ3) is 3.84. The number of amides is 2. The lowest BCUT2D eigenvalue weighted by atomic mass is 10.3. The molecule has 2 amide bonds. The second-order valence-electron chi connectivity index (χ2n) is 3.35. The van der Waals surface area contributed by atoms with E-state index in [1.165, 1.54) is 6.92 Å². The summed E-state index contributed by atoms with van der Waals surface area (Å²) < 4.78 is 60.6. The number of halogens is 4. The van der Waals surface area contributed by atoms with Gasteiger partial charge in [-0.15, -0.1) is 0 Å². The van der Waals surface area contributed by atoms with Crippen LogP contribution in [-0.2, 0) is 9.53 Å². The van der Waals surface area contributed by atoms with Gasteiger partial charge in [0.05, 0.1) is 6.61 Å². The van der Waals surface area contributed by atoms with Crippen LogP contribution < -0.4 is 10.1 Å². The van der Waals surface area contributed by atoms with E-state index in [2.05, 4.69) is 9.47 Å². The van der Waals surface area contributed by atoms with Gasteiger partial charge in [-0.05, 0) is 6.92 Å². The second-order valence-corrected chi connectivity index (χ2v) is 3.35. The molecule has 1 aromatic carbocycles. The normalized spacial score (nSPS) is 10.1. The fraction of sp³-hybridized carbons (Fsp3) is 0.273. The van der Waals surface area contributed by atoms with Crippen molar-refractivity contribution in [1.29, 1.82) is 0 Å². The molecule has 0 bridgehead atoms. The predicted octanol–water partition coefficient (Wildman–Crippen LogP) is 1.89. The SMILES string of the molecule is CCOC(=O)NC(=O)COc1c(F)c(F)cc(F)c1F. The molecule has 0 aliphatic rings. The zero-order valence-corrected chi connectivity index (χ0v) is 10.1. The quantitative estimate of drug-likeness (QED) is 0.680. The van der Waals surface area contributed by atoms with E-state index in [-0.39, 0.29) is 12.7 Å². The van der Waals surface area contributed by atoms with Crippen molar-refractivity contribution in [3.8, 4) is 5.75 Å². The van der Waals surface area contributed by atoms with Crippen molar-refractivity contribution in [3.05, 3.63) is 29.3 Å². The number of rotatable bonds is 4. The molecule has 0 aliphatic carbocycles. The number of carbonyl (C=O) groups is 2. The first-order chi connectivity index (χ1) is 9.36. The molecule has 0 spiro atoms. The molecule has 1 aromatic rings. The monoisotopic (exact) mass is 295 g/mol. The van der Waals surface area contributed by atoms with Gasteiger partial charge in [0, 0.05) is 6.07 Å². The minimum Gasteiger partial charge on any atom is -0.477 e. The molecule has 0 aliphatic heterocycles. The van der Waals surface area contributed by atoms with Crippen LogP contribution in [-0.4, -0.2) is 25.2 Å². The third-order valence-corrected chi connectivity index (χ3v) is 1.94. The lowest BCUT2D eigenvalue weighted by Gasteiger charge is -2.09. The summed E-state index contributed by atoms with van der Waals surface area (Å²) in [6.45, 7) is 0.453. The Kier molecular flexibility index (Phi) is 5.30. The predicted molar refractivity (Wildman–Crippen MR) is 56.9 cm³/mol. The van der Waals surface area contributed by atoms with E-state index in [1.807, 2.05) is 0 Å². The van der Waals surface area contributed by atoms with E-state index in [0.717, 1.165) is 0 Å². The number of carbonyl (C=O) groups excluding carboxylic acids is 2. The highest BCUT2D eigenvalue weighted by Crippen LogP contribution is 2.26. The average Bonchev–Trinajstić information content (AvgIpc) is 2.36. The summed E-state index contributed by atoms with van der Waals surface area (Å²) in [7, 11) is 0. The first-order valence-electron chi connectivity index (χ1n) is 5.29. The summed E-state index contributed by atoms with van der Waals surface area (Å²) in [5, 5.41) is 1.66. The molecule has 0 saturated heterocycles. The molecule has 5 nitrogen and oxygen atoms in total. The Morgan fingerprint density at radius 1 is 1.15 bits per heavy atom. The fourth-order valence-electron chi connectivity index (χ4n) is 1.13. The van der Waals surface area contributed by atoms with Crippen LogP contribution >= 0.6 is 0 Å². The van der Waals surface area contributed by atoms with Crippen LogP contribution in [0.2, 0.25) is 0 Å². The highest BCUT2D eigenvalue weighted by molar-refractivity contribution is 5.92. The van der Waals surface area contributed by atoms with Gasteiger partial charge in [0.1, 0.15) is 0 Å². The van der Waals surface area contributed by atoms with Gasteiger partial charge in [-0.25, -0.2) is 13.6 Å². The van der Waals surface area contributed by atoms with E-state index >= 15 is 0 Å². The second kappa shape index (κ2) is 6.73. The lowest BCUT2D eigenvalue weighted by molar-refractivity contribution is -0.122. The van der Waals surface area contributed by atoms with Crippen LogP contribution in [0.5, 0.6) is 5.75 Å². The standard InChI is InChI=1S/C11H9F4NO4/c1-2-19-11(18)16-7(17)4-20-10-8(14)5(12)3-6(13)9(10)15/h3H,2,4H2,1H3,(H,16,17,18). The summed E-state index contributed by atoms with van der Waals surface area (Å²) in [5.74, 6) is -9.41. The molecule has 110 valence electrons. The Morgan fingerprint density at radius 2 is 1.70 bits per heavy atom. The molecule has 0 unspecified atom stereocenters. The zero-order chi connectivity index (χ0) is 15.3. The molecule has 1 N–H and O–H groups in total. The van der Waals surface area contributed by atoms with Gasteiger partial charge in [0.15, 0.2) is 24.0 Å². The number of hydrogen-bond acceptors (Lipinski definition) is 4. The first-order valence-corrected chi connectivity index (χ1v) is 5.29. The summed E-state index contributed by atoms with van der Waals surface area (Å²) in [4.78, 5) is 22.0. The van der Waals surface area contributed by atoms with Crippen LogP contribution in [0.4, 0.5) is 22.4 Å². The zero-order valence-electron chi connectivity index (χ0n) is 10.1. The molecular weight excluding hydrogens is 286 g/mol. The maximum Gasteiger partial charge on any atom is 0.413 e. The molecule has 20 heavy (non-hydrogen) atoms. The van der Waals surface area contributed by atoms with E-state index in [9.17, 15) is 27.2 Å². The van der Waals surface area contributed by atoms with Crippen molar-refractivity contribution in [2.24, 2.45) is 0 Å². The van der Waals surface area contributed by atoms with Gasteiger partial charge < -0.3 is 9.47 Å². The maximum absolute atomic E-state index is 13.1. The molecule has 0 saturated carbocycles. The summed E-state index contributed by atoms with van der Waals surface area (Å²) in [5.41, 5.74) is 0. The largest absolute Gasteiger partial charge is 0.477 e. The Hall–Kier alpha value is -2.32. The molecule has 1 rings (SSSR count). The van der Waals surface area contributed by atoms with Crippen molar-refractivity contribution < 1.29 is 36.6 Å². The first kappa shape index (κ1) is 15.7. The number of imide groups is 1. The van der Waals surface area contributed by atoms with E-state index < -0.39 is 47.6 Å². The van der Waals surface area contributed by atoms with E-state index in [4.69, 9.17) is 0 Å². The Bertz CT molecular complexity index is 509. The van der Waals surface area contributed by atoms with E-state index in [1.54, 1.807) is 5.32 Å². The molecule has 0 fully saturated rings. The molecule has 9 heteroatoms. The van der Waals surface area contributed by atoms with Gasteiger partial charge in [-0.2, -0.15) is 8.78 Å². The van der Waals surface area contributed by atoms with Crippen molar-refractivity contribution in [2.75, 3.05) is 13.2 Å². The summed E-state index contributed by atoms with van der Waals surface area (Å²) >= 11 is 0. The number of benzene rings is 1. The van der Waals surface area contributed by atoms with Gasteiger partial charge >= 0.3 is 6.09 Å². The van der Waals surface area contributed by atoms with Crippen molar-refractivity contribution in [3.63, 3.8) is 0 Å². The van der Waals surface area contributed by atoms with Crippen LogP contribution in [0.15, 0.2) is 6.07 Å². The summed E-state index contributed by atoms with van der Waals surface area (Å²) in [6, 6.07) is -0.00376. The van der Waals surface area contributed by atoms with Gasteiger partial charge in [0.25, 0.3) is 5.91 Å². The van der Waals surface area contributed by atoms with Gasteiger partial charge in [0.2, 0.25) is 11.6 Å². The smallest absolute Gasteiger partial charge is 0.413 e. The number of ether oxygens (including phenoxy) is 2. The van der Waals surface area contributed by atoms with Crippen LogP contribution in [0.3, 0.4) is 0 Å². The van der Waals surface area contributed by atoms with Crippen LogP contribution in [0, 0.1) is 23.3 Å². The molecule has 0 aromatic heterocycles. The topological polar surface area (TPSA) is 64.6 Å². The lowest BCUT2D eigenvalue weighted by Crippen LogP contribution is -2.35. The van der Waals surface area contributed by atoms with E-state index in [0.29, 0.717) is 0 Å². The van der Waals surface area contributed by atoms with Gasteiger partial charge in [-0.1, -0.05) is 0 Å². The van der Waals surface area contributed by atoms with Crippen LogP contribution in [0.1, 0.15) is 6.92 Å². The highest BCUT2D eigenvalue weighted by atomic mass is 19.2. The van der Waals surface area contributed by atoms with Crippen LogP contribution in [0.25, 0.3) is 0 Å². The minimum absolute atomic E-state index is 0.00165. The number of alkyl carbamates (subject to hydrolysis) is 1. The molecular formula is C11H9F4NO4. The summed E-state index contributed by atoms with van der Waals surface area (Å²) in [6.07, 6.45) is -1.09. The van der Waals surface area contributed by atoms with Crippen molar-refractivity contribution >= 4 is 12.0 Å². The van der Waals surface area contributed by atoms with Gasteiger partial charge in [-0.3, -0.25) is 10.1 Å². The minimum atomic E-state index is -1.78. The van der Waals surface area contributed by atoms with Crippen molar-refractivity contribution in [2.45, 2.75) is 6.92 Å². The Morgan fingerprint density at radius 3 is 2.20 bits per heavy atom. The molecule has 0 heterocycles. The highest BCUT2D eigenvalue weighted by Gasteiger charge is 2.21. The van der Waals surface area contributed by atoms with Crippen molar-refractivity contribution in [1.82, 2.24) is 5.32 Å². The molecule has 0 radical (unpaired) electrons. The number of nitrogens with one attached hydrogen (secondary N) is 1. The fourth-order valence-corrected chi connectivity index (χ4v) is 1.13. The Balaban J connectivity index is 2.71. The third-order valence-electron chi connectivity index (χ3n) is 1.94. The molecule has 0 atom stereocenters. The average molecular weight is 295 g/mol. The Labute approximate surface area is 110 Å². The maximum atomic E-state index is 13.1.